The highest BCUT2D eigenvalue weighted by Crippen LogP contribution is 2.18. The van der Waals surface area contributed by atoms with Crippen LogP contribution in [0.1, 0.15) is 11.7 Å². The summed E-state index contributed by atoms with van der Waals surface area (Å²) in [7, 11) is 0. The van der Waals surface area contributed by atoms with Gasteiger partial charge in [0, 0.05) is 0 Å². The van der Waals surface area contributed by atoms with Gasteiger partial charge >= 0.3 is 6.03 Å². The Morgan fingerprint density at radius 3 is 2.93 bits per heavy atom. The number of thiophene rings is 1. The molecule has 1 saturated heterocycles. The molecule has 1 aromatic rings. The van der Waals surface area contributed by atoms with Crippen molar-refractivity contribution in [3.05, 3.63) is 22.4 Å². The topological polar surface area (TPSA) is 69.6 Å². The molecule has 1 aliphatic heterocycles. The molecule has 1 fully saturated rings. The molecule has 1 atom stereocenters. The molecule has 80 valence electrons. The molecule has 0 radical (unpaired) electrons. The SMILES string of the molecule is O=C1CNC(=O)N1CC(O)c1ccsc1. The Labute approximate surface area is 90.3 Å². The summed E-state index contributed by atoms with van der Waals surface area (Å²) in [4.78, 5) is 23.4. The van der Waals surface area contributed by atoms with Crippen LogP contribution in [0.15, 0.2) is 16.8 Å². The molecule has 0 aromatic carbocycles. The Morgan fingerprint density at radius 1 is 1.60 bits per heavy atom. The Hall–Kier alpha value is -1.40. The van der Waals surface area contributed by atoms with Gasteiger partial charge in [0.15, 0.2) is 0 Å². The maximum Gasteiger partial charge on any atom is 0.324 e. The number of amides is 3. The molecule has 6 heteroatoms. The predicted molar refractivity (Wildman–Crippen MR) is 54.4 cm³/mol. The van der Waals surface area contributed by atoms with Crippen LogP contribution in [0.3, 0.4) is 0 Å². The van der Waals surface area contributed by atoms with E-state index in [4.69, 9.17) is 0 Å². The summed E-state index contributed by atoms with van der Waals surface area (Å²) in [6.07, 6.45) is -0.802. The van der Waals surface area contributed by atoms with Crippen molar-refractivity contribution in [2.45, 2.75) is 6.10 Å². The zero-order chi connectivity index (χ0) is 10.8. The van der Waals surface area contributed by atoms with Gasteiger partial charge in [-0.15, -0.1) is 0 Å². The number of nitrogens with one attached hydrogen (secondary N) is 1. The van der Waals surface area contributed by atoms with Crippen LogP contribution in [0.5, 0.6) is 0 Å². The first-order valence-corrected chi connectivity index (χ1v) is 5.41. The van der Waals surface area contributed by atoms with Crippen molar-refractivity contribution in [2.75, 3.05) is 13.1 Å². The first kappa shape index (κ1) is 10.1. The number of hydrogen-bond acceptors (Lipinski definition) is 4. The van der Waals surface area contributed by atoms with Gasteiger partial charge in [0.1, 0.15) is 0 Å². The van der Waals surface area contributed by atoms with Crippen molar-refractivity contribution >= 4 is 23.3 Å². The molecule has 3 amide bonds. The summed E-state index contributed by atoms with van der Waals surface area (Å²) in [6, 6.07) is 1.34. The Bertz CT molecular complexity index is 361. The van der Waals surface area contributed by atoms with Crippen molar-refractivity contribution < 1.29 is 14.7 Å². The zero-order valence-corrected chi connectivity index (χ0v) is 8.66. The number of hydrogen-bond donors (Lipinski definition) is 2. The molecule has 15 heavy (non-hydrogen) atoms. The minimum absolute atomic E-state index is 0.0153. The van der Waals surface area contributed by atoms with E-state index < -0.39 is 12.1 Å². The van der Waals surface area contributed by atoms with Crippen molar-refractivity contribution in [3.63, 3.8) is 0 Å². The quantitative estimate of drug-likeness (QED) is 0.730. The molecule has 0 saturated carbocycles. The molecular weight excluding hydrogens is 216 g/mol. The third-order valence-electron chi connectivity index (χ3n) is 2.22. The first-order valence-electron chi connectivity index (χ1n) is 4.47. The maximum atomic E-state index is 11.2. The van der Waals surface area contributed by atoms with Gasteiger partial charge in [-0.25, -0.2) is 4.79 Å². The lowest BCUT2D eigenvalue weighted by Gasteiger charge is -2.16. The Kier molecular flexibility index (Phi) is 2.70. The summed E-state index contributed by atoms with van der Waals surface area (Å²) < 4.78 is 0. The number of nitrogens with zero attached hydrogens (tertiary/aromatic N) is 1. The molecule has 1 aliphatic rings. The van der Waals surface area contributed by atoms with Crippen LogP contribution < -0.4 is 5.32 Å². The van der Waals surface area contributed by atoms with Crippen LogP contribution >= 0.6 is 11.3 Å². The molecule has 0 bridgehead atoms. The minimum atomic E-state index is -0.802. The van der Waals surface area contributed by atoms with Gasteiger partial charge in [-0.2, -0.15) is 11.3 Å². The van der Waals surface area contributed by atoms with E-state index in [1.54, 1.807) is 11.4 Å². The number of aliphatic hydroxyl groups excluding tert-OH is 1. The number of β-amino-alcohol motifs (C(OH)–C–C–N with tert-alkyl or cyclic N) is 1. The van der Waals surface area contributed by atoms with E-state index in [9.17, 15) is 14.7 Å². The number of carbonyl (C=O) groups excluding carboxylic acids is 2. The van der Waals surface area contributed by atoms with E-state index in [0.29, 0.717) is 0 Å². The first-order chi connectivity index (χ1) is 7.18. The fraction of sp³-hybridized carbons (Fsp3) is 0.333. The zero-order valence-electron chi connectivity index (χ0n) is 7.84. The van der Waals surface area contributed by atoms with Crippen LogP contribution in [0.25, 0.3) is 0 Å². The highest BCUT2D eigenvalue weighted by Gasteiger charge is 2.30. The van der Waals surface area contributed by atoms with Crippen molar-refractivity contribution in [1.29, 1.82) is 0 Å². The van der Waals surface area contributed by atoms with Crippen molar-refractivity contribution in [3.8, 4) is 0 Å². The van der Waals surface area contributed by atoms with Crippen LogP contribution in [-0.4, -0.2) is 35.0 Å². The number of carbonyl (C=O) groups is 2. The van der Waals surface area contributed by atoms with Gasteiger partial charge in [-0.1, -0.05) is 0 Å². The average Bonchev–Trinajstić information content (AvgIpc) is 2.82. The van der Waals surface area contributed by atoms with E-state index in [1.807, 2.05) is 5.38 Å². The van der Waals surface area contributed by atoms with E-state index in [1.165, 1.54) is 11.3 Å². The van der Waals surface area contributed by atoms with E-state index >= 15 is 0 Å². The molecule has 5 nitrogen and oxygen atoms in total. The summed E-state index contributed by atoms with van der Waals surface area (Å²) >= 11 is 1.46. The number of rotatable bonds is 3. The lowest BCUT2D eigenvalue weighted by Crippen LogP contribution is -2.34. The summed E-state index contributed by atoms with van der Waals surface area (Å²) in [5, 5.41) is 15.8. The van der Waals surface area contributed by atoms with Gasteiger partial charge in [0.25, 0.3) is 0 Å². The third kappa shape index (κ3) is 2.00. The lowest BCUT2D eigenvalue weighted by atomic mass is 10.2. The average molecular weight is 226 g/mol. The molecule has 1 aromatic heterocycles. The molecule has 0 aliphatic carbocycles. The van der Waals surface area contributed by atoms with Crippen LogP contribution in [-0.2, 0) is 4.79 Å². The second kappa shape index (κ2) is 4.00. The largest absolute Gasteiger partial charge is 0.387 e. The molecular formula is C9H10N2O3S. The fourth-order valence-electron chi connectivity index (χ4n) is 1.38. The van der Waals surface area contributed by atoms with Crippen LogP contribution in [0.2, 0.25) is 0 Å². The van der Waals surface area contributed by atoms with Gasteiger partial charge in [0.2, 0.25) is 5.91 Å². The van der Waals surface area contributed by atoms with Crippen molar-refractivity contribution in [1.82, 2.24) is 10.2 Å². The van der Waals surface area contributed by atoms with Gasteiger partial charge < -0.3 is 10.4 Å². The normalized spacial score (nSPS) is 18.1. The van der Waals surface area contributed by atoms with Gasteiger partial charge in [-0.05, 0) is 22.4 Å². The standard InChI is InChI=1S/C9H10N2O3S/c12-7(6-1-2-15-5-6)4-11-8(13)3-10-9(11)14/h1-2,5,7,12H,3-4H2,(H,10,14). The highest BCUT2D eigenvalue weighted by molar-refractivity contribution is 7.07. The number of urea groups is 1. The Morgan fingerprint density at radius 2 is 2.40 bits per heavy atom. The molecule has 1 unspecified atom stereocenters. The van der Waals surface area contributed by atoms with Crippen molar-refractivity contribution in [2.24, 2.45) is 0 Å². The second-order valence-corrected chi connectivity index (χ2v) is 4.02. The number of aliphatic hydroxyl groups is 1. The van der Waals surface area contributed by atoms with Gasteiger partial charge in [-0.3, -0.25) is 9.69 Å². The van der Waals surface area contributed by atoms with Crippen LogP contribution in [0.4, 0.5) is 4.79 Å². The van der Waals surface area contributed by atoms with E-state index in [2.05, 4.69) is 5.32 Å². The fourth-order valence-corrected chi connectivity index (χ4v) is 2.09. The summed E-state index contributed by atoms with van der Waals surface area (Å²) in [5.41, 5.74) is 0.729. The molecule has 0 spiro atoms. The smallest absolute Gasteiger partial charge is 0.324 e. The minimum Gasteiger partial charge on any atom is -0.387 e. The number of imide groups is 1. The molecule has 2 heterocycles. The van der Waals surface area contributed by atoms with E-state index in [0.717, 1.165) is 10.5 Å². The maximum absolute atomic E-state index is 11.2. The highest BCUT2D eigenvalue weighted by atomic mass is 32.1. The monoisotopic (exact) mass is 226 g/mol. The third-order valence-corrected chi connectivity index (χ3v) is 2.92. The van der Waals surface area contributed by atoms with Gasteiger partial charge in [0.05, 0.1) is 19.2 Å². The predicted octanol–water partition coefficient (Wildman–Crippen LogP) is 0.333. The second-order valence-electron chi connectivity index (χ2n) is 3.24. The van der Waals surface area contributed by atoms with E-state index in [-0.39, 0.29) is 19.0 Å². The lowest BCUT2D eigenvalue weighted by molar-refractivity contribution is -0.126. The summed E-state index contributed by atoms with van der Waals surface area (Å²) in [5.74, 6) is -0.297. The molecule has 2 N–H and O–H groups in total. The summed E-state index contributed by atoms with van der Waals surface area (Å²) in [6.45, 7) is 0.0383. The Balaban J connectivity index is 2.02. The van der Waals surface area contributed by atoms with Crippen LogP contribution in [0, 0.1) is 0 Å². The molecule has 2 rings (SSSR count).